The molecular formula is C10H18N4O3S. The molecule has 0 aliphatic rings. The summed E-state index contributed by atoms with van der Waals surface area (Å²) in [5.74, 6) is 1.65. The van der Waals surface area contributed by atoms with Crippen molar-refractivity contribution in [2.24, 2.45) is 5.14 Å². The zero-order valence-electron chi connectivity index (χ0n) is 10.5. The third-order valence-electron chi connectivity index (χ3n) is 2.02. The van der Waals surface area contributed by atoms with Crippen molar-refractivity contribution >= 4 is 15.8 Å². The van der Waals surface area contributed by atoms with E-state index in [4.69, 9.17) is 9.88 Å². The van der Waals surface area contributed by atoms with Crippen LogP contribution >= 0.6 is 0 Å². The molecule has 1 rings (SSSR count). The summed E-state index contributed by atoms with van der Waals surface area (Å²) >= 11 is 0. The third-order valence-corrected chi connectivity index (χ3v) is 2.88. The average Bonchev–Trinajstić information content (AvgIpc) is 2.23. The lowest BCUT2D eigenvalue weighted by molar-refractivity contribution is 0.325. The van der Waals surface area contributed by atoms with Gasteiger partial charge in [-0.15, -0.1) is 0 Å². The topological polar surface area (TPSA) is 107 Å². The maximum Gasteiger partial charge on any atom is 0.218 e. The van der Waals surface area contributed by atoms with Gasteiger partial charge in [-0.3, -0.25) is 0 Å². The summed E-state index contributed by atoms with van der Waals surface area (Å²) in [5.41, 5.74) is 0. The molecule has 1 heterocycles. The second kappa shape index (κ2) is 6.50. The summed E-state index contributed by atoms with van der Waals surface area (Å²) < 4.78 is 26.8. The second-order valence-electron chi connectivity index (χ2n) is 3.72. The number of nitrogens with two attached hydrogens (primary N) is 1. The van der Waals surface area contributed by atoms with Gasteiger partial charge in [-0.05, 0) is 20.3 Å². The van der Waals surface area contributed by atoms with E-state index in [1.165, 1.54) is 0 Å². The summed E-state index contributed by atoms with van der Waals surface area (Å²) in [7, 11) is -3.40. The predicted octanol–water partition coefficient (Wildman–Crippen LogP) is 0.274. The molecule has 0 atom stereocenters. The molecule has 0 bridgehead atoms. The molecule has 0 amide bonds. The van der Waals surface area contributed by atoms with Crippen LogP contribution in [0, 0.1) is 6.92 Å². The number of nitrogens with zero attached hydrogens (tertiary/aromatic N) is 2. The molecule has 0 spiro atoms. The number of nitrogens with one attached hydrogen (secondary N) is 1. The fraction of sp³-hybridized carbons (Fsp3) is 0.600. The molecule has 8 heteroatoms. The summed E-state index contributed by atoms with van der Waals surface area (Å²) in [4.78, 5) is 8.27. The Balaban J connectivity index is 2.51. The Kier molecular flexibility index (Phi) is 5.29. The molecule has 1 aromatic rings. The lowest BCUT2D eigenvalue weighted by Gasteiger charge is -2.08. The lowest BCUT2D eigenvalue weighted by atomic mass is 10.4. The molecule has 0 fully saturated rings. The largest absolute Gasteiger partial charge is 0.478 e. The van der Waals surface area contributed by atoms with E-state index < -0.39 is 10.0 Å². The first kappa shape index (κ1) is 14.7. The van der Waals surface area contributed by atoms with Crippen LogP contribution in [0.3, 0.4) is 0 Å². The van der Waals surface area contributed by atoms with Gasteiger partial charge in [0.1, 0.15) is 11.6 Å². The molecule has 0 saturated heterocycles. The Bertz CT molecular complexity index is 490. The highest BCUT2D eigenvalue weighted by atomic mass is 32.2. The van der Waals surface area contributed by atoms with E-state index in [0.29, 0.717) is 37.1 Å². The van der Waals surface area contributed by atoms with Crippen molar-refractivity contribution in [1.29, 1.82) is 0 Å². The monoisotopic (exact) mass is 274 g/mol. The minimum Gasteiger partial charge on any atom is -0.478 e. The van der Waals surface area contributed by atoms with Gasteiger partial charge in [0.2, 0.25) is 15.9 Å². The van der Waals surface area contributed by atoms with Gasteiger partial charge in [0.25, 0.3) is 0 Å². The molecule has 3 N–H and O–H groups in total. The number of anilines is 1. The number of hydrogen-bond acceptors (Lipinski definition) is 6. The Morgan fingerprint density at radius 1 is 1.44 bits per heavy atom. The van der Waals surface area contributed by atoms with Crippen molar-refractivity contribution in [3.8, 4) is 5.88 Å². The smallest absolute Gasteiger partial charge is 0.218 e. The quantitative estimate of drug-likeness (QED) is 0.691. The average molecular weight is 274 g/mol. The minimum atomic E-state index is -3.40. The number of rotatable bonds is 7. The van der Waals surface area contributed by atoms with Crippen LogP contribution in [-0.2, 0) is 10.0 Å². The maximum absolute atomic E-state index is 10.7. The summed E-state index contributed by atoms with van der Waals surface area (Å²) in [6, 6.07) is 1.67. The number of aromatic nitrogens is 2. The number of ether oxygens (including phenoxy) is 1. The van der Waals surface area contributed by atoms with Gasteiger partial charge in [-0.1, -0.05) is 0 Å². The van der Waals surface area contributed by atoms with Crippen LogP contribution in [0.15, 0.2) is 6.07 Å². The van der Waals surface area contributed by atoms with Gasteiger partial charge in [0.15, 0.2) is 0 Å². The van der Waals surface area contributed by atoms with E-state index >= 15 is 0 Å². The Hall–Kier alpha value is -1.41. The molecular weight excluding hydrogens is 256 g/mol. The van der Waals surface area contributed by atoms with Gasteiger partial charge in [0.05, 0.1) is 12.4 Å². The van der Waals surface area contributed by atoms with Crippen molar-refractivity contribution in [2.45, 2.75) is 20.3 Å². The van der Waals surface area contributed by atoms with E-state index in [-0.39, 0.29) is 5.75 Å². The Morgan fingerprint density at radius 3 is 2.78 bits per heavy atom. The minimum absolute atomic E-state index is 0.0532. The molecule has 102 valence electrons. The van der Waals surface area contributed by atoms with Crippen LogP contribution in [0.2, 0.25) is 0 Å². The van der Waals surface area contributed by atoms with Gasteiger partial charge >= 0.3 is 0 Å². The van der Waals surface area contributed by atoms with E-state index in [9.17, 15) is 8.42 Å². The fourth-order valence-electron chi connectivity index (χ4n) is 1.34. The highest BCUT2D eigenvalue weighted by molar-refractivity contribution is 7.89. The molecule has 0 radical (unpaired) electrons. The summed E-state index contributed by atoms with van der Waals surface area (Å²) in [5, 5.41) is 7.91. The molecule has 7 nitrogen and oxygen atoms in total. The number of aryl methyl sites for hydroxylation is 1. The number of primary sulfonamides is 1. The summed E-state index contributed by atoms with van der Waals surface area (Å²) in [6.45, 7) is 4.63. The van der Waals surface area contributed by atoms with Crippen LogP contribution in [0.1, 0.15) is 19.2 Å². The van der Waals surface area contributed by atoms with Gasteiger partial charge in [0, 0.05) is 12.6 Å². The van der Waals surface area contributed by atoms with Crippen molar-refractivity contribution in [1.82, 2.24) is 9.97 Å². The van der Waals surface area contributed by atoms with Crippen LogP contribution in [0.5, 0.6) is 5.88 Å². The zero-order valence-corrected chi connectivity index (χ0v) is 11.3. The maximum atomic E-state index is 10.7. The highest BCUT2D eigenvalue weighted by Gasteiger charge is 2.04. The molecule has 18 heavy (non-hydrogen) atoms. The third kappa shape index (κ3) is 5.78. The first-order valence-corrected chi connectivity index (χ1v) is 7.35. The first-order valence-electron chi connectivity index (χ1n) is 5.63. The predicted molar refractivity (Wildman–Crippen MR) is 69.0 cm³/mol. The molecule has 0 saturated carbocycles. The molecule has 0 aliphatic carbocycles. The lowest BCUT2D eigenvalue weighted by Crippen LogP contribution is -2.19. The number of hydrogen-bond donors (Lipinski definition) is 2. The Morgan fingerprint density at radius 2 is 2.17 bits per heavy atom. The second-order valence-corrected chi connectivity index (χ2v) is 5.45. The van der Waals surface area contributed by atoms with E-state index in [1.807, 2.05) is 6.92 Å². The van der Waals surface area contributed by atoms with Gasteiger partial charge in [-0.25, -0.2) is 18.5 Å². The van der Waals surface area contributed by atoms with Crippen LogP contribution < -0.4 is 15.2 Å². The molecule has 0 unspecified atom stereocenters. The van der Waals surface area contributed by atoms with Crippen LogP contribution in [0.25, 0.3) is 0 Å². The Labute approximate surface area is 107 Å². The van der Waals surface area contributed by atoms with E-state index in [2.05, 4.69) is 15.3 Å². The molecule has 0 aromatic carbocycles. The van der Waals surface area contributed by atoms with E-state index in [0.717, 1.165) is 0 Å². The van der Waals surface area contributed by atoms with Crippen molar-refractivity contribution < 1.29 is 13.2 Å². The molecule has 1 aromatic heterocycles. The van der Waals surface area contributed by atoms with Crippen LogP contribution in [-0.4, -0.2) is 37.3 Å². The standard InChI is InChI=1S/C10H18N4O3S/c1-3-17-10-7-9(13-8(2)14-10)12-5-4-6-18(11,15)16/h7H,3-6H2,1-2H3,(H2,11,15,16)(H,12,13,14). The van der Waals surface area contributed by atoms with Crippen molar-refractivity contribution in [3.63, 3.8) is 0 Å². The normalized spacial score (nSPS) is 11.3. The van der Waals surface area contributed by atoms with Crippen molar-refractivity contribution in [2.75, 3.05) is 24.2 Å². The van der Waals surface area contributed by atoms with Crippen molar-refractivity contribution in [3.05, 3.63) is 11.9 Å². The van der Waals surface area contributed by atoms with E-state index in [1.54, 1.807) is 13.0 Å². The molecule has 0 aliphatic heterocycles. The van der Waals surface area contributed by atoms with Crippen LogP contribution in [0.4, 0.5) is 5.82 Å². The summed E-state index contributed by atoms with van der Waals surface area (Å²) in [6.07, 6.45) is 0.422. The SMILES string of the molecule is CCOc1cc(NCCCS(N)(=O)=O)nc(C)n1. The van der Waals surface area contributed by atoms with Gasteiger partial charge < -0.3 is 10.1 Å². The first-order chi connectivity index (χ1) is 8.40. The van der Waals surface area contributed by atoms with Gasteiger partial charge in [-0.2, -0.15) is 4.98 Å². The zero-order chi connectivity index (χ0) is 13.6. The highest BCUT2D eigenvalue weighted by Crippen LogP contribution is 2.13. The fourth-order valence-corrected chi connectivity index (χ4v) is 1.89. The number of sulfonamides is 1.